The highest BCUT2D eigenvalue weighted by Gasteiger charge is 2.33. The Morgan fingerprint density at radius 1 is 1.11 bits per heavy atom. The van der Waals surface area contributed by atoms with Crippen molar-refractivity contribution in [2.24, 2.45) is 0 Å². The van der Waals surface area contributed by atoms with Gasteiger partial charge >= 0.3 is 5.97 Å². The summed E-state index contributed by atoms with van der Waals surface area (Å²) in [4.78, 5) is 12.9. The molecule has 0 spiro atoms. The number of rotatable bonds is 6. The van der Waals surface area contributed by atoms with E-state index in [1.165, 1.54) is 0 Å². The zero-order valence-electron chi connectivity index (χ0n) is 16.2. The molecule has 2 N–H and O–H groups in total. The first-order valence-electron chi connectivity index (χ1n) is 9.30. The molecule has 6 heteroatoms. The first-order valence-corrected chi connectivity index (χ1v) is 9.71. The molecule has 0 aromatic heterocycles. The van der Waals surface area contributed by atoms with Gasteiger partial charge in [0.2, 0.25) is 0 Å². The van der Waals surface area contributed by atoms with Gasteiger partial charge in [-0.15, -0.1) is 0 Å². The highest BCUT2D eigenvalue weighted by atomic mass is 32.1. The van der Waals surface area contributed by atoms with Gasteiger partial charge in [0.25, 0.3) is 0 Å². The Labute approximate surface area is 170 Å². The molecule has 1 aliphatic rings. The van der Waals surface area contributed by atoms with Crippen LogP contribution in [0.25, 0.3) is 5.70 Å². The summed E-state index contributed by atoms with van der Waals surface area (Å²) in [5, 5.41) is 6.79. The van der Waals surface area contributed by atoms with Crippen molar-refractivity contribution in [3.05, 3.63) is 71.3 Å². The van der Waals surface area contributed by atoms with Gasteiger partial charge in [0.1, 0.15) is 5.75 Å². The molecule has 1 heterocycles. The van der Waals surface area contributed by atoms with Gasteiger partial charge in [-0.2, -0.15) is 0 Å². The van der Waals surface area contributed by atoms with E-state index in [4.69, 9.17) is 21.7 Å². The molecule has 1 unspecified atom stereocenters. The van der Waals surface area contributed by atoms with E-state index < -0.39 is 6.04 Å². The highest BCUT2D eigenvalue weighted by molar-refractivity contribution is 7.80. The van der Waals surface area contributed by atoms with Gasteiger partial charge in [0.15, 0.2) is 5.11 Å². The minimum Gasteiger partial charge on any atom is -0.491 e. The zero-order chi connectivity index (χ0) is 20.1. The fourth-order valence-corrected chi connectivity index (χ4v) is 3.31. The molecule has 28 heavy (non-hydrogen) atoms. The van der Waals surface area contributed by atoms with Gasteiger partial charge in [-0.05, 0) is 56.2 Å². The standard InChI is InChI=1S/C22H24N2O3S/c1-4-26-21(25)18-19(15-8-6-5-7-9-15)23-22(28)24-20(18)16-10-12-17(13-11-16)27-14(2)3/h5-14,20H,4H2,1-3H3,(H2,23,24,28). The zero-order valence-corrected chi connectivity index (χ0v) is 17.0. The van der Waals surface area contributed by atoms with Crippen molar-refractivity contribution >= 4 is 29.0 Å². The lowest BCUT2D eigenvalue weighted by atomic mass is 9.93. The average Bonchev–Trinajstić information content (AvgIpc) is 2.68. The minimum absolute atomic E-state index is 0.0927. The maximum atomic E-state index is 12.9. The molecule has 0 bridgehead atoms. The van der Waals surface area contributed by atoms with Crippen LogP contribution in [-0.4, -0.2) is 23.8 Å². The molecule has 0 amide bonds. The van der Waals surface area contributed by atoms with E-state index in [-0.39, 0.29) is 12.1 Å². The number of benzene rings is 2. The third kappa shape index (κ3) is 4.51. The number of nitrogens with one attached hydrogen (secondary N) is 2. The molecule has 1 aliphatic heterocycles. The molecule has 146 valence electrons. The summed E-state index contributed by atoms with van der Waals surface area (Å²) >= 11 is 5.41. The molecule has 2 aromatic rings. The first kappa shape index (κ1) is 19.9. The van der Waals surface area contributed by atoms with Crippen molar-refractivity contribution in [3.63, 3.8) is 0 Å². The molecule has 5 nitrogen and oxygen atoms in total. The van der Waals surface area contributed by atoms with E-state index in [1.54, 1.807) is 6.92 Å². The highest BCUT2D eigenvalue weighted by Crippen LogP contribution is 2.32. The maximum absolute atomic E-state index is 12.9. The van der Waals surface area contributed by atoms with Crippen LogP contribution < -0.4 is 15.4 Å². The van der Waals surface area contributed by atoms with Crippen LogP contribution in [0.5, 0.6) is 5.75 Å². The van der Waals surface area contributed by atoms with Crippen molar-refractivity contribution < 1.29 is 14.3 Å². The third-order valence-corrected chi connectivity index (χ3v) is 4.43. The van der Waals surface area contributed by atoms with E-state index in [0.29, 0.717) is 23.0 Å². The number of thiocarbonyl (C=S) groups is 1. The Balaban J connectivity index is 2.06. The lowest BCUT2D eigenvalue weighted by Gasteiger charge is -2.31. The first-order chi connectivity index (χ1) is 13.5. The molecule has 0 radical (unpaired) electrons. The number of esters is 1. The predicted molar refractivity (Wildman–Crippen MR) is 114 cm³/mol. The SMILES string of the molecule is CCOC(=O)C1=C(c2ccccc2)NC(=S)NC1c1ccc(OC(C)C)cc1. The van der Waals surface area contributed by atoms with Gasteiger partial charge in [0.05, 0.1) is 30.0 Å². The van der Waals surface area contributed by atoms with Crippen molar-refractivity contribution in [2.45, 2.75) is 32.9 Å². The van der Waals surface area contributed by atoms with Crippen LogP contribution in [0.4, 0.5) is 0 Å². The smallest absolute Gasteiger partial charge is 0.338 e. The van der Waals surface area contributed by atoms with Gasteiger partial charge in [-0.25, -0.2) is 4.79 Å². The maximum Gasteiger partial charge on any atom is 0.338 e. The van der Waals surface area contributed by atoms with Crippen LogP contribution in [0.15, 0.2) is 60.2 Å². The van der Waals surface area contributed by atoms with E-state index in [9.17, 15) is 4.79 Å². The second-order valence-electron chi connectivity index (χ2n) is 6.64. The molecule has 0 saturated carbocycles. The van der Waals surface area contributed by atoms with Crippen molar-refractivity contribution in [1.82, 2.24) is 10.6 Å². The number of hydrogen-bond donors (Lipinski definition) is 2. The number of hydrogen-bond acceptors (Lipinski definition) is 4. The van der Waals surface area contributed by atoms with Crippen molar-refractivity contribution in [3.8, 4) is 5.75 Å². The van der Waals surface area contributed by atoms with Crippen LogP contribution in [0.3, 0.4) is 0 Å². The van der Waals surface area contributed by atoms with E-state index in [1.807, 2.05) is 68.4 Å². The quantitative estimate of drug-likeness (QED) is 0.569. The molecule has 0 aliphatic carbocycles. The Hall–Kier alpha value is -2.86. The molecular formula is C22H24N2O3S. The lowest BCUT2D eigenvalue weighted by molar-refractivity contribution is -0.138. The van der Waals surface area contributed by atoms with Crippen LogP contribution >= 0.6 is 12.2 Å². The summed E-state index contributed by atoms with van der Waals surface area (Å²) in [5.41, 5.74) is 2.94. The second kappa shape index (κ2) is 8.89. The monoisotopic (exact) mass is 396 g/mol. The van der Waals surface area contributed by atoms with Crippen LogP contribution in [0, 0.1) is 0 Å². The fraction of sp³-hybridized carbons (Fsp3) is 0.273. The summed E-state index contributed by atoms with van der Waals surface area (Å²) in [6.45, 7) is 6.05. The molecule has 2 aromatic carbocycles. The van der Waals surface area contributed by atoms with Gasteiger partial charge in [-0.3, -0.25) is 0 Å². The summed E-state index contributed by atoms with van der Waals surface area (Å²) in [5.74, 6) is 0.400. The Kier molecular flexibility index (Phi) is 6.31. The second-order valence-corrected chi connectivity index (χ2v) is 7.05. The Morgan fingerprint density at radius 3 is 2.39 bits per heavy atom. The fourth-order valence-electron chi connectivity index (χ4n) is 3.09. The topological polar surface area (TPSA) is 59.6 Å². The van der Waals surface area contributed by atoms with Crippen molar-refractivity contribution in [1.29, 1.82) is 0 Å². The van der Waals surface area contributed by atoms with Crippen LogP contribution in [-0.2, 0) is 9.53 Å². The predicted octanol–water partition coefficient (Wildman–Crippen LogP) is 3.97. The van der Waals surface area contributed by atoms with Crippen LogP contribution in [0.2, 0.25) is 0 Å². The average molecular weight is 397 g/mol. The van der Waals surface area contributed by atoms with E-state index in [2.05, 4.69) is 10.6 Å². The summed E-state index contributed by atoms with van der Waals surface area (Å²) in [7, 11) is 0. The van der Waals surface area contributed by atoms with E-state index in [0.717, 1.165) is 16.9 Å². The normalized spacial score (nSPS) is 16.4. The van der Waals surface area contributed by atoms with E-state index >= 15 is 0 Å². The number of ether oxygens (including phenoxy) is 2. The van der Waals surface area contributed by atoms with Gasteiger partial charge < -0.3 is 20.1 Å². The third-order valence-electron chi connectivity index (χ3n) is 4.22. The van der Waals surface area contributed by atoms with Crippen LogP contribution in [0.1, 0.15) is 37.9 Å². The molecule has 0 saturated heterocycles. The summed E-state index contributed by atoms with van der Waals surface area (Å²) in [6.07, 6.45) is 0.0927. The summed E-state index contributed by atoms with van der Waals surface area (Å²) in [6, 6.07) is 16.9. The minimum atomic E-state index is -0.420. The Bertz CT molecular complexity index is 876. The van der Waals surface area contributed by atoms with Gasteiger partial charge in [0, 0.05) is 0 Å². The molecule has 0 fully saturated rings. The largest absolute Gasteiger partial charge is 0.491 e. The summed E-state index contributed by atoms with van der Waals surface area (Å²) < 4.78 is 11.1. The van der Waals surface area contributed by atoms with Crippen molar-refractivity contribution in [2.75, 3.05) is 6.61 Å². The lowest BCUT2D eigenvalue weighted by Crippen LogP contribution is -2.45. The molecule has 3 rings (SSSR count). The molecular weight excluding hydrogens is 372 g/mol. The Morgan fingerprint density at radius 2 is 1.79 bits per heavy atom. The number of carbonyl (C=O) groups is 1. The molecule has 1 atom stereocenters. The van der Waals surface area contributed by atoms with Gasteiger partial charge in [-0.1, -0.05) is 42.5 Å². The number of carbonyl (C=O) groups excluding carboxylic acids is 1.